The first-order valence-electron chi connectivity index (χ1n) is 8.04. The van der Waals surface area contributed by atoms with Crippen molar-refractivity contribution >= 4 is 21.8 Å². The normalized spacial score (nSPS) is 11.2. The molecule has 0 aliphatic heterocycles. The third kappa shape index (κ3) is 2.46. The van der Waals surface area contributed by atoms with Crippen molar-refractivity contribution < 1.29 is 4.74 Å². The van der Waals surface area contributed by atoms with Crippen molar-refractivity contribution in [2.45, 2.75) is 20.1 Å². The second-order valence-electron chi connectivity index (χ2n) is 5.71. The zero-order valence-corrected chi connectivity index (χ0v) is 13.2. The maximum atomic E-state index is 5.88. The van der Waals surface area contributed by atoms with Crippen LogP contribution in [-0.2, 0) is 13.2 Å². The number of aryl methyl sites for hydroxylation is 1. The van der Waals surface area contributed by atoms with Crippen LogP contribution in [0.4, 0.5) is 0 Å². The van der Waals surface area contributed by atoms with Gasteiger partial charge in [0.05, 0.1) is 0 Å². The molecule has 0 saturated carbocycles. The molecule has 4 rings (SSSR count). The minimum Gasteiger partial charge on any atom is -0.489 e. The molecule has 1 aromatic heterocycles. The van der Waals surface area contributed by atoms with Crippen LogP contribution in [0.1, 0.15) is 12.5 Å². The third-order valence-electron chi connectivity index (χ3n) is 4.30. The third-order valence-corrected chi connectivity index (χ3v) is 4.30. The lowest BCUT2D eigenvalue weighted by Crippen LogP contribution is -1.96. The average Bonchev–Trinajstić information content (AvgIpc) is 2.94. The van der Waals surface area contributed by atoms with Crippen molar-refractivity contribution in [2.24, 2.45) is 0 Å². The number of para-hydroxylation sites is 2. The van der Waals surface area contributed by atoms with Gasteiger partial charge in [-0.2, -0.15) is 0 Å². The number of rotatable bonds is 4. The fourth-order valence-corrected chi connectivity index (χ4v) is 3.21. The molecule has 0 amide bonds. The summed E-state index contributed by atoms with van der Waals surface area (Å²) in [5.74, 6) is 0.906. The summed E-state index contributed by atoms with van der Waals surface area (Å²) < 4.78 is 8.25. The summed E-state index contributed by atoms with van der Waals surface area (Å²) in [6.45, 7) is 3.76. The molecule has 0 atom stereocenters. The first kappa shape index (κ1) is 13.9. The molecule has 0 radical (unpaired) electrons. The molecule has 4 aromatic rings. The van der Waals surface area contributed by atoms with Gasteiger partial charge >= 0.3 is 0 Å². The van der Waals surface area contributed by atoms with Crippen molar-refractivity contribution in [3.63, 3.8) is 0 Å². The van der Waals surface area contributed by atoms with Gasteiger partial charge in [-0.05, 0) is 42.8 Å². The Labute approximate surface area is 135 Å². The number of nitrogens with zero attached hydrogens (tertiary/aromatic N) is 1. The fourth-order valence-electron chi connectivity index (χ4n) is 3.21. The lowest BCUT2D eigenvalue weighted by Gasteiger charge is -2.07. The van der Waals surface area contributed by atoms with Gasteiger partial charge in [-0.3, -0.25) is 0 Å². The number of ether oxygens (including phenoxy) is 1. The number of fused-ring (bicyclic) bond motifs is 3. The zero-order chi connectivity index (χ0) is 15.6. The lowest BCUT2D eigenvalue weighted by atomic mass is 10.1. The molecule has 0 spiro atoms. The molecule has 23 heavy (non-hydrogen) atoms. The Morgan fingerprint density at radius 2 is 1.52 bits per heavy atom. The van der Waals surface area contributed by atoms with Gasteiger partial charge in [0, 0.05) is 28.4 Å². The highest BCUT2D eigenvalue weighted by atomic mass is 16.5. The Kier molecular flexibility index (Phi) is 3.51. The van der Waals surface area contributed by atoms with E-state index in [0.717, 1.165) is 12.3 Å². The second kappa shape index (κ2) is 5.81. The molecule has 3 aromatic carbocycles. The van der Waals surface area contributed by atoms with E-state index in [1.54, 1.807) is 0 Å². The van der Waals surface area contributed by atoms with Crippen molar-refractivity contribution in [1.82, 2.24) is 4.57 Å². The fraction of sp³-hybridized carbons (Fsp3) is 0.143. The summed E-state index contributed by atoms with van der Waals surface area (Å²) in [5, 5.41) is 2.61. The van der Waals surface area contributed by atoms with Crippen LogP contribution in [0.25, 0.3) is 21.8 Å². The van der Waals surface area contributed by atoms with Crippen LogP contribution >= 0.6 is 0 Å². The molecule has 0 unspecified atom stereocenters. The van der Waals surface area contributed by atoms with E-state index < -0.39 is 0 Å². The SMILES string of the molecule is CCn1c2ccccc2c2cc(COc3ccccc3)ccc21. The van der Waals surface area contributed by atoms with Crippen LogP contribution < -0.4 is 4.74 Å². The molecule has 1 heterocycles. The highest BCUT2D eigenvalue weighted by Crippen LogP contribution is 2.29. The zero-order valence-electron chi connectivity index (χ0n) is 13.2. The number of aromatic nitrogens is 1. The Bertz CT molecular complexity index is 954. The molecular formula is C21H19NO. The van der Waals surface area contributed by atoms with E-state index >= 15 is 0 Å². The van der Waals surface area contributed by atoms with Crippen molar-refractivity contribution in [2.75, 3.05) is 0 Å². The van der Waals surface area contributed by atoms with E-state index in [2.05, 4.69) is 54.0 Å². The standard InChI is InChI=1S/C21H19NO/c1-2-22-20-11-7-6-10-18(20)19-14-16(12-13-21(19)22)15-23-17-8-4-3-5-9-17/h3-14H,2,15H2,1H3. The molecule has 0 saturated heterocycles. The summed E-state index contributed by atoms with van der Waals surface area (Å²) in [6, 6.07) is 25.2. The summed E-state index contributed by atoms with van der Waals surface area (Å²) in [4.78, 5) is 0. The van der Waals surface area contributed by atoms with Crippen LogP contribution in [0.5, 0.6) is 5.75 Å². The van der Waals surface area contributed by atoms with E-state index in [4.69, 9.17) is 4.74 Å². The number of hydrogen-bond donors (Lipinski definition) is 0. The van der Waals surface area contributed by atoms with Crippen LogP contribution in [0.3, 0.4) is 0 Å². The summed E-state index contributed by atoms with van der Waals surface area (Å²) in [5.41, 5.74) is 3.78. The van der Waals surface area contributed by atoms with Crippen LogP contribution in [-0.4, -0.2) is 4.57 Å². The maximum Gasteiger partial charge on any atom is 0.119 e. The van der Waals surface area contributed by atoms with Gasteiger partial charge < -0.3 is 9.30 Å². The minimum absolute atomic E-state index is 0.589. The van der Waals surface area contributed by atoms with Crippen LogP contribution in [0.2, 0.25) is 0 Å². The van der Waals surface area contributed by atoms with Gasteiger partial charge in [-0.1, -0.05) is 42.5 Å². The molecule has 2 heteroatoms. The molecule has 0 aliphatic rings. The Morgan fingerprint density at radius 3 is 2.35 bits per heavy atom. The lowest BCUT2D eigenvalue weighted by molar-refractivity contribution is 0.306. The Hall–Kier alpha value is -2.74. The Balaban J connectivity index is 1.74. The van der Waals surface area contributed by atoms with E-state index in [0.29, 0.717) is 6.61 Å². The first-order chi connectivity index (χ1) is 11.4. The van der Waals surface area contributed by atoms with E-state index in [1.165, 1.54) is 27.4 Å². The summed E-state index contributed by atoms with van der Waals surface area (Å²) in [7, 11) is 0. The smallest absolute Gasteiger partial charge is 0.119 e. The van der Waals surface area contributed by atoms with Crippen LogP contribution in [0.15, 0.2) is 72.8 Å². The Morgan fingerprint density at radius 1 is 0.783 bits per heavy atom. The molecule has 0 fully saturated rings. The monoisotopic (exact) mass is 301 g/mol. The van der Waals surface area contributed by atoms with Crippen molar-refractivity contribution in [1.29, 1.82) is 0 Å². The topological polar surface area (TPSA) is 14.2 Å². The largest absolute Gasteiger partial charge is 0.489 e. The number of benzene rings is 3. The molecule has 0 N–H and O–H groups in total. The van der Waals surface area contributed by atoms with Crippen molar-refractivity contribution in [3.05, 3.63) is 78.4 Å². The molecule has 0 aliphatic carbocycles. The first-order valence-corrected chi connectivity index (χ1v) is 8.04. The van der Waals surface area contributed by atoms with E-state index in [1.807, 2.05) is 30.3 Å². The average molecular weight is 301 g/mol. The van der Waals surface area contributed by atoms with E-state index in [-0.39, 0.29) is 0 Å². The van der Waals surface area contributed by atoms with Gasteiger partial charge in [0.15, 0.2) is 0 Å². The summed E-state index contributed by atoms with van der Waals surface area (Å²) in [6.07, 6.45) is 0. The molecular weight excluding hydrogens is 282 g/mol. The molecule has 2 nitrogen and oxygen atoms in total. The van der Waals surface area contributed by atoms with Gasteiger partial charge in [-0.25, -0.2) is 0 Å². The quantitative estimate of drug-likeness (QED) is 0.492. The van der Waals surface area contributed by atoms with Gasteiger partial charge in [0.1, 0.15) is 12.4 Å². The van der Waals surface area contributed by atoms with Gasteiger partial charge in [0.2, 0.25) is 0 Å². The van der Waals surface area contributed by atoms with Crippen molar-refractivity contribution in [3.8, 4) is 5.75 Å². The van der Waals surface area contributed by atoms with Gasteiger partial charge in [0.25, 0.3) is 0 Å². The predicted octanol–water partition coefficient (Wildman–Crippen LogP) is 5.39. The maximum absolute atomic E-state index is 5.88. The second-order valence-corrected chi connectivity index (χ2v) is 5.71. The minimum atomic E-state index is 0.589. The molecule has 114 valence electrons. The predicted molar refractivity (Wildman–Crippen MR) is 95.9 cm³/mol. The highest BCUT2D eigenvalue weighted by molar-refractivity contribution is 6.08. The molecule has 0 bridgehead atoms. The van der Waals surface area contributed by atoms with Gasteiger partial charge in [-0.15, -0.1) is 0 Å². The van der Waals surface area contributed by atoms with E-state index in [9.17, 15) is 0 Å². The highest BCUT2D eigenvalue weighted by Gasteiger charge is 2.09. The van der Waals surface area contributed by atoms with Crippen LogP contribution in [0, 0.1) is 0 Å². The summed E-state index contributed by atoms with van der Waals surface area (Å²) >= 11 is 0. The number of hydrogen-bond acceptors (Lipinski definition) is 1.